The average molecular weight is 458 g/mol. The van der Waals surface area contributed by atoms with E-state index in [4.69, 9.17) is 0 Å². The number of carbonyl (C=O) groups excluding carboxylic acids is 1. The molecule has 3 aliphatic rings. The minimum absolute atomic E-state index is 0.104. The Kier molecular flexibility index (Phi) is 6.09. The molecule has 0 unspecified atom stereocenters. The lowest BCUT2D eigenvalue weighted by Gasteiger charge is -2.38. The minimum Gasteiger partial charge on any atom is -0.380 e. The molecule has 2 heterocycles. The van der Waals surface area contributed by atoms with Gasteiger partial charge >= 0.3 is 0 Å². The van der Waals surface area contributed by atoms with E-state index in [9.17, 15) is 9.90 Å². The first-order valence-electron chi connectivity index (χ1n) is 12.3. The van der Waals surface area contributed by atoms with Crippen molar-refractivity contribution in [1.82, 2.24) is 14.7 Å². The molecule has 1 amide bonds. The maximum absolute atomic E-state index is 12.4. The Labute approximate surface area is 203 Å². The Bertz CT molecular complexity index is 1090. The van der Waals surface area contributed by atoms with E-state index in [1.54, 1.807) is 4.90 Å². The fraction of sp³-hybridized carbons (Fsp3) is 0.414. The van der Waals surface area contributed by atoms with Gasteiger partial charge in [0.1, 0.15) is 5.60 Å². The van der Waals surface area contributed by atoms with E-state index in [0.717, 1.165) is 43.9 Å². The molecule has 5 rings (SSSR count). The molecule has 1 aliphatic carbocycles. The van der Waals surface area contributed by atoms with Crippen LogP contribution < -0.4 is 0 Å². The van der Waals surface area contributed by atoms with Gasteiger partial charge in [0.25, 0.3) is 5.91 Å². The fourth-order valence-corrected chi connectivity index (χ4v) is 5.07. The summed E-state index contributed by atoms with van der Waals surface area (Å²) in [7, 11) is 2.16. The maximum Gasteiger partial charge on any atom is 0.254 e. The van der Waals surface area contributed by atoms with Crippen LogP contribution in [0.3, 0.4) is 0 Å². The molecule has 0 spiro atoms. The number of amides is 1. The van der Waals surface area contributed by atoms with Crippen molar-refractivity contribution in [3.63, 3.8) is 0 Å². The predicted octanol–water partition coefficient (Wildman–Crippen LogP) is 3.65. The Hall–Kier alpha value is -2.89. The highest BCUT2D eigenvalue weighted by atomic mass is 16.3. The number of carbonyl (C=O) groups is 1. The van der Waals surface area contributed by atoms with Crippen molar-refractivity contribution in [1.29, 1.82) is 0 Å². The van der Waals surface area contributed by atoms with E-state index >= 15 is 0 Å². The van der Waals surface area contributed by atoms with Crippen LogP contribution in [0.5, 0.6) is 0 Å². The Morgan fingerprint density at radius 2 is 1.62 bits per heavy atom. The number of hydrogen-bond acceptors (Lipinski definition) is 4. The molecule has 5 heteroatoms. The monoisotopic (exact) mass is 457 g/mol. The summed E-state index contributed by atoms with van der Waals surface area (Å²) in [5, 5.41) is 10.1. The van der Waals surface area contributed by atoms with Crippen molar-refractivity contribution in [2.24, 2.45) is 5.92 Å². The summed E-state index contributed by atoms with van der Waals surface area (Å²) in [6.07, 6.45) is 2.13. The van der Waals surface area contributed by atoms with E-state index < -0.39 is 5.60 Å². The van der Waals surface area contributed by atoms with Gasteiger partial charge in [-0.2, -0.15) is 0 Å². The van der Waals surface area contributed by atoms with Crippen molar-refractivity contribution in [2.45, 2.75) is 24.9 Å². The van der Waals surface area contributed by atoms with E-state index in [0.29, 0.717) is 31.8 Å². The average Bonchev–Trinajstić information content (AvgIpc) is 3.60. The van der Waals surface area contributed by atoms with E-state index in [1.165, 1.54) is 22.3 Å². The summed E-state index contributed by atoms with van der Waals surface area (Å²) in [6, 6.07) is 17.4. The van der Waals surface area contributed by atoms with Crippen molar-refractivity contribution >= 4 is 11.6 Å². The normalized spacial score (nSPS) is 20.1. The molecule has 0 atom stereocenters. The Morgan fingerprint density at radius 1 is 0.971 bits per heavy atom. The van der Waals surface area contributed by atoms with Gasteiger partial charge in [-0.15, -0.1) is 0 Å². The summed E-state index contributed by atoms with van der Waals surface area (Å²) in [5.74, 6) is 0.519. The molecule has 0 radical (unpaired) electrons. The quantitative estimate of drug-likeness (QED) is 0.645. The van der Waals surface area contributed by atoms with Gasteiger partial charge in [0.05, 0.1) is 0 Å². The van der Waals surface area contributed by atoms with Gasteiger partial charge in [-0.3, -0.25) is 4.79 Å². The highest BCUT2D eigenvalue weighted by Gasteiger charge is 2.50. The molecular formula is C29H35N3O2. The topological polar surface area (TPSA) is 47.0 Å². The second-order valence-corrected chi connectivity index (χ2v) is 10.3. The number of hydrogen-bond donors (Lipinski definition) is 1. The number of nitrogens with zero attached hydrogens (tertiary/aromatic N) is 3. The summed E-state index contributed by atoms with van der Waals surface area (Å²) in [6.45, 7) is 13.7. The smallest absolute Gasteiger partial charge is 0.254 e. The van der Waals surface area contributed by atoms with Gasteiger partial charge in [0.15, 0.2) is 0 Å². The number of aliphatic hydroxyl groups is 1. The first-order valence-corrected chi connectivity index (χ1v) is 12.3. The first-order chi connectivity index (χ1) is 16.3. The van der Waals surface area contributed by atoms with Crippen LogP contribution in [0, 0.1) is 5.92 Å². The van der Waals surface area contributed by atoms with Gasteiger partial charge in [0.2, 0.25) is 0 Å². The van der Waals surface area contributed by atoms with Gasteiger partial charge in [-0.1, -0.05) is 67.3 Å². The molecule has 0 aromatic heterocycles. The van der Waals surface area contributed by atoms with Crippen molar-refractivity contribution in [3.05, 3.63) is 78.4 Å². The summed E-state index contributed by atoms with van der Waals surface area (Å²) in [4.78, 5) is 18.7. The highest BCUT2D eigenvalue weighted by molar-refractivity contribution is 5.88. The second-order valence-electron chi connectivity index (χ2n) is 10.3. The summed E-state index contributed by atoms with van der Waals surface area (Å²) in [5.41, 5.74) is 6.07. The van der Waals surface area contributed by atoms with Crippen molar-refractivity contribution in [2.75, 3.05) is 46.3 Å². The Morgan fingerprint density at radius 3 is 2.24 bits per heavy atom. The molecule has 5 nitrogen and oxygen atoms in total. The first kappa shape index (κ1) is 22.9. The SMILES string of the molecule is C=C(Cc1cccc(-c2ccc(C(=C)N3CCN(C(=O)C4(O)CC4)CC3)cc2)c1)C1CN(C)C1. The molecule has 2 aliphatic heterocycles. The summed E-state index contributed by atoms with van der Waals surface area (Å²) < 4.78 is 0. The zero-order chi connectivity index (χ0) is 23.9. The Balaban J connectivity index is 1.19. The molecule has 1 N–H and O–H groups in total. The van der Waals surface area contributed by atoms with Crippen LogP contribution in [0.15, 0.2) is 67.3 Å². The minimum atomic E-state index is -1.08. The number of rotatable bonds is 7. The van der Waals surface area contributed by atoms with Crippen LogP contribution in [0.1, 0.15) is 24.0 Å². The molecule has 1 saturated carbocycles. The van der Waals surface area contributed by atoms with Crippen LogP contribution in [-0.2, 0) is 11.2 Å². The van der Waals surface area contributed by atoms with Gasteiger partial charge in [-0.25, -0.2) is 0 Å². The van der Waals surface area contributed by atoms with Crippen molar-refractivity contribution < 1.29 is 9.90 Å². The maximum atomic E-state index is 12.4. The van der Waals surface area contributed by atoms with Crippen LogP contribution >= 0.6 is 0 Å². The highest BCUT2D eigenvalue weighted by Crippen LogP contribution is 2.37. The largest absolute Gasteiger partial charge is 0.380 e. The zero-order valence-corrected chi connectivity index (χ0v) is 20.2. The van der Waals surface area contributed by atoms with E-state index in [1.807, 2.05) is 0 Å². The van der Waals surface area contributed by atoms with Crippen LogP contribution in [0.2, 0.25) is 0 Å². The lowest BCUT2D eigenvalue weighted by atomic mass is 9.88. The molecule has 2 aromatic carbocycles. The molecule has 3 fully saturated rings. The predicted molar refractivity (Wildman–Crippen MR) is 137 cm³/mol. The van der Waals surface area contributed by atoms with Crippen LogP contribution in [-0.4, -0.2) is 77.6 Å². The van der Waals surface area contributed by atoms with Crippen LogP contribution in [0.25, 0.3) is 16.8 Å². The molecular weight excluding hydrogens is 422 g/mol. The molecule has 0 bridgehead atoms. The van der Waals surface area contributed by atoms with Gasteiger partial charge in [0, 0.05) is 50.9 Å². The zero-order valence-electron chi connectivity index (χ0n) is 20.2. The molecule has 34 heavy (non-hydrogen) atoms. The third kappa shape index (κ3) is 4.68. The lowest BCUT2D eigenvalue weighted by molar-refractivity contribution is -0.143. The standard InChI is InChI=1S/C29H35N3O2/c1-21(27-19-30(3)20-27)17-23-5-4-6-26(18-23)25-9-7-24(8-10-25)22(2)31-13-15-32(16-14-31)28(33)29(34)11-12-29/h4-10,18,27,34H,1-2,11-17,19-20H2,3H3. The van der Waals surface area contributed by atoms with E-state index in [-0.39, 0.29) is 5.91 Å². The number of likely N-dealkylation sites (tertiary alicyclic amines) is 1. The number of piperazine rings is 1. The van der Waals surface area contributed by atoms with Gasteiger partial charge in [-0.05, 0) is 48.6 Å². The van der Waals surface area contributed by atoms with E-state index in [2.05, 4.69) is 78.5 Å². The third-order valence-corrected chi connectivity index (χ3v) is 7.62. The van der Waals surface area contributed by atoms with Gasteiger partial charge < -0.3 is 19.8 Å². The fourth-order valence-electron chi connectivity index (χ4n) is 5.07. The lowest BCUT2D eigenvalue weighted by Crippen LogP contribution is -2.51. The molecule has 2 saturated heterocycles. The number of benzene rings is 2. The van der Waals surface area contributed by atoms with Crippen molar-refractivity contribution in [3.8, 4) is 11.1 Å². The molecule has 2 aromatic rings. The molecule has 178 valence electrons. The second kappa shape index (κ2) is 9.05. The van der Waals surface area contributed by atoms with Crippen LogP contribution in [0.4, 0.5) is 0 Å². The summed E-state index contributed by atoms with van der Waals surface area (Å²) >= 11 is 0. The third-order valence-electron chi connectivity index (χ3n) is 7.62.